The highest BCUT2D eigenvalue weighted by molar-refractivity contribution is 6.05. The Morgan fingerprint density at radius 3 is 2.49 bits per heavy atom. The number of nitrogens with one attached hydrogen (secondary N) is 1. The van der Waals surface area contributed by atoms with Gasteiger partial charge in [0.05, 0.1) is 12.2 Å². The normalized spacial score (nSPS) is 19.4. The van der Waals surface area contributed by atoms with Gasteiger partial charge in [-0.15, -0.1) is 0 Å². The summed E-state index contributed by atoms with van der Waals surface area (Å²) in [5, 5.41) is 5.57. The van der Waals surface area contributed by atoms with Gasteiger partial charge in [-0.25, -0.2) is 4.79 Å². The van der Waals surface area contributed by atoms with Crippen LogP contribution in [0.15, 0.2) is 95.3 Å². The van der Waals surface area contributed by atoms with Gasteiger partial charge in [0.15, 0.2) is 5.78 Å². The summed E-state index contributed by atoms with van der Waals surface area (Å²) >= 11 is 0. The SMILES string of the molecule is CC1=C(C(=O)OCCc2ccccc2)[C@@H](c2cccc3ccccc23)C2=C(CC(C)(C)CC2=O)N1. The summed E-state index contributed by atoms with van der Waals surface area (Å²) in [4.78, 5) is 27.1. The predicted molar refractivity (Wildman–Crippen MR) is 139 cm³/mol. The molecule has 0 spiro atoms. The highest BCUT2D eigenvalue weighted by Gasteiger charge is 2.43. The Morgan fingerprint density at radius 2 is 1.69 bits per heavy atom. The zero-order chi connectivity index (χ0) is 24.6. The van der Waals surface area contributed by atoms with E-state index in [0.717, 1.165) is 39.7 Å². The van der Waals surface area contributed by atoms with Crippen LogP contribution >= 0.6 is 0 Å². The Bertz CT molecular complexity index is 1360. The predicted octanol–water partition coefficient (Wildman–Crippen LogP) is 6.23. The van der Waals surface area contributed by atoms with Crippen LogP contribution in [0.2, 0.25) is 0 Å². The Morgan fingerprint density at radius 1 is 0.971 bits per heavy atom. The molecule has 1 N–H and O–H groups in total. The van der Waals surface area contributed by atoms with Crippen molar-refractivity contribution in [1.82, 2.24) is 5.32 Å². The molecule has 3 aromatic carbocycles. The highest BCUT2D eigenvalue weighted by Crippen LogP contribution is 2.48. The van der Waals surface area contributed by atoms with Crippen LogP contribution in [0, 0.1) is 5.41 Å². The number of ketones is 1. The molecule has 0 saturated carbocycles. The first kappa shape index (κ1) is 23.1. The van der Waals surface area contributed by atoms with Crippen molar-refractivity contribution < 1.29 is 14.3 Å². The van der Waals surface area contributed by atoms with E-state index in [-0.39, 0.29) is 23.8 Å². The van der Waals surface area contributed by atoms with E-state index in [9.17, 15) is 9.59 Å². The molecule has 1 aliphatic carbocycles. The smallest absolute Gasteiger partial charge is 0.336 e. The molecule has 2 aliphatic rings. The molecule has 0 bridgehead atoms. The number of fused-ring (bicyclic) bond motifs is 1. The second-order valence-corrected chi connectivity index (χ2v) is 10.4. The van der Waals surface area contributed by atoms with Crippen molar-refractivity contribution in [2.75, 3.05) is 6.61 Å². The number of ether oxygens (including phenoxy) is 1. The molecule has 0 amide bonds. The van der Waals surface area contributed by atoms with E-state index < -0.39 is 5.92 Å². The average Bonchev–Trinajstić information content (AvgIpc) is 2.82. The summed E-state index contributed by atoms with van der Waals surface area (Å²) in [7, 11) is 0. The molecule has 4 nitrogen and oxygen atoms in total. The van der Waals surface area contributed by atoms with Gasteiger partial charge in [-0.1, -0.05) is 86.6 Å². The zero-order valence-electron chi connectivity index (χ0n) is 20.6. The fourth-order valence-corrected chi connectivity index (χ4v) is 5.50. The number of hydrogen-bond acceptors (Lipinski definition) is 4. The number of Topliss-reactive ketones (excluding diaryl/α,β-unsaturated/α-hetero) is 1. The van der Waals surface area contributed by atoms with Crippen molar-refractivity contribution in [1.29, 1.82) is 0 Å². The largest absolute Gasteiger partial charge is 0.462 e. The summed E-state index contributed by atoms with van der Waals surface area (Å²) in [6, 6.07) is 24.2. The summed E-state index contributed by atoms with van der Waals surface area (Å²) in [6.45, 7) is 6.45. The molecular formula is C31H31NO3. The maximum atomic E-state index is 13.6. The maximum Gasteiger partial charge on any atom is 0.336 e. The van der Waals surface area contributed by atoms with E-state index in [0.29, 0.717) is 24.0 Å². The van der Waals surface area contributed by atoms with Gasteiger partial charge in [0.1, 0.15) is 0 Å². The first-order chi connectivity index (χ1) is 16.8. The van der Waals surface area contributed by atoms with Gasteiger partial charge in [-0.3, -0.25) is 4.79 Å². The topological polar surface area (TPSA) is 55.4 Å². The van der Waals surface area contributed by atoms with Crippen LogP contribution in [0.25, 0.3) is 10.8 Å². The van der Waals surface area contributed by atoms with Crippen molar-refractivity contribution in [3.8, 4) is 0 Å². The van der Waals surface area contributed by atoms with Gasteiger partial charge in [0.25, 0.3) is 0 Å². The second kappa shape index (κ2) is 9.18. The number of benzene rings is 3. The van der Waals surface area contributed by atoms with Crippen molar-refractivity contribution in [2.45, 2.75) is 46.0 Å². The molecule has 1 heterocycles. The maximum absolute atomic E-state index is 13.6. The lowest BCUT2D eigenvalue weighted by Gasteiger charge is -2.39. The van der Waals surface area contributed by atoms with Crippen molar-refractivity contribution in [3.05, 3.63) is 106 Å². The van der Waals surface area contributed by atoms with Crippen LogP contribution in [0.4, 0.5) is 0 Å². The van der Waals surface area contributed by atoms with Gasteiger partial charge >= 0.3 is 5.97 Å². The van der Waals surface area contributed by atoms with Gasteiger partial charge < -0.3 is 10.1 Å². The molecule has 3 aromatic rings. The van der Waals surface area contributed by atoms with Crippen LogP contribution in [-0.4, -0.2) is 18.4 Å². The first-order valence-corrected chi connectivity index (χ1v) is 12.3. The van der Waals surface area contributed by atoms with Gasteiger partial charge in [0.2, 0.25) is 0 Å². The molecule has 178 valence electrons. The minimum absolute atomic E-state index is 0.101. The molecule has 5 rings (SSSR count). The number of dihydropyridines is 1. The van der Waals surface area contributed by atoms with Crippen LogP contribution < -0.4 is 5.32 Å². The van der Waals surface area contributed by atoms with E-state index in [4.69, 9.17) is 4.74 Å². The van der Waals surface area contributed by atoms with Crippen molar-refractivity contribution >= 4 is 22.5 Å². The minimum Gasteiger partial charge on any atom is -0.462 e. The number of carbonyl (C=O) groups excluding carboxylic acids is 2. The van der Waals surface area contributed by atoms with Crippen LogP contribution in [0.1, 0.15) is 50.7 Å². The van der Waals surface area contributed by atoms with Crippen molar-refractivity contribution in [2.24, 2.45) is 5.41 Å². The minimum atomic E-state index is -0.454. The Labute approximate surface area is 206 Å². The number of carbonyl (C=O) groups is 2. The summed E-state index contributed by atoms with van der Waals surface area (Å²) in [5.41, 5.74) is 4.90. The van der Waals surface area contributed by atoms with E-state index in [1.165, 1.54) is 0 Å². The molecule has 35 heavy (non-hydrogen) atoms. The Balaban J connectivity index is 1.56. The molecule has 0 radical (unpaired) electrons. The molecule has 0 unspecified atom stereocenters. The fraction of sp³-hybridized carbons (Fsp3) is 0.290. The summed E-state index contributed by atoms with van der Waals surface area (Å²) in [6.07, 6.45) is 1.87. The quantitative estimate of drug-likeness (QED) is 0.454. The third-order valence-corrected chi connectivity index (χ3v) is 7.06. The summed E-state index contributed by atoms with van der Waals surface area (Å²) < 4.78 is 5.80. The number of rotatable bonds is 5. The highest BCUT2D eigenvalue weighted by atomic mass is 16.5. The van der Waals surface area contributed by atoms with Gasteiger partial charge in [-0.05, 0) is 40.7 Å². The molecule has 0 fully saturated rings. The first-order valence-electron chi connectivity index (χ1n) is 12.3. The molecule has 4 heteroatoms. The van der Waals surface area contributed by atoms with Crippen molar-refractivity contribution in [3.63, 3.8) is 0 Å². The standard InChI is InChI=1S/C31H31NO3/c1-20-27(30(34)35-17-16-21-10-5-4-6-11-21)28(24-15-9-13-22-12-7-8-14-23(22)24)29-25(32-20)18-31(2,3)19-26(29)33/h4-15,28,32H,16-19H2,1-3H3/t28-/m1/s1. The number of allylic oxidation sites excluding steroid dienone is 3. The fourth-order valence-electron chi connectivity index (χ4n) is 5.50. The van der Waals surface area contributed by atoms with Crippen LogP contribution in [0.3, 0.4) is 0 Å². The van der Waals surface area contributed by atoms with E-state index in [1.807, 2.05) is 61.5 Å². The molecule has 1 aliphatic heterocycles. The lowest BCUT2D eigenvalue weighted by Crippen LogP contribution is -2.38. The Kier molecular flexibility index (Phi) is 6.06. The third-order valence-electron chi connectivity index (χ3n) is 7.06. The van der Waals surface area contributed by atoms with E-state index in [1.54, 1.807) is 0 Å². The summed E-state index contributed by atoms with van der Waals surface area (Å²) in [5.74, 6) is -0.720. The molecule has 1 atom stereocenters. The molecular weight excluding hydrogens is 434 g/mol. The lowest BCUT2D eigenvalue weighted by atomic mass is 9.68. The third kappa shape index (κ3) is 4.53. The van der Waals surface area contributed by atoms with E-state index in [2.05, 4.69) is 37.4 Å². The average molecular weight is 466 g/mol. The van der Waals surface area contributed by atoms with Crippen LogP contribution in [-0.2, 0) is 20.7 Å². The zero-order valence-corrected chi connectivity index (χ0v) is 20.6. The van der Waals surface area contributed by atoms with Gasteiger partial charge in [-0.2, -0.15) is 0 Å². The van der Waals surface area contributed by atoms with Crippen LogP contribution in [0.5, 0.6) is 0 Å². The number of hydrogen-bond donors (Lipinski definition) is 1. The van der Waals surface area contributed by atoms with Gasteiger partial charge in [0, 0.05) is 35.7 Å². The second-order valence-electron chi connectivity index (χ2n) is 10.4. The molecule has 0 aromatic heterocycles. The lowest BCUT2D eigenvalue weighted by molar-refractivity contribution is -0.139. The monoisotopic (exact) mass is 465 g/mol. The Hall–Kier alpha value is -3.66. The number of esters is 1. The molecule has 0 saturated heterocycles. The van der Waals surface area contributed by atoms with E-state index >= 15 is 0 Å².